The lowest BCUT2D eigenvalue weighted by atomic mass is 9.89. The van der Waals surface area contributed by atoms with Gasteiger partial charge in [0.25, 0.3) is 5.69 Å². The number of halogens is 1. The van der Waals surface area contributed by atoms with Gasteiger partial charge in [-0.3, -0.25) is 14.9 Å². The Morgan fingerprint density at radius 1 is 1.06 bits per heavy atom. The van der Waals surface area contributed by atoms with Gasteiger partial charge in [-0.1, -0.05) is 45.0 Å². The van der Waals surface area contributed by atoms with E-state index in [-0.39, 0.29) is 11.5 Å². The van der Waals surface area contributed by atoms with Crippen LogP contribution in [-0.4, -0.2) is 21.7 Å². The number of hydrogen-bond donors (Lipinski definition) is 1. The minimum Gasteiger partial charge on any atom is -0.507 e. The molecule has 3 rings (SSSR count). The van der Waals surface area contributed by atoms with Crippen molar-refractivity contribution in [3.63, 3.8) is 0 Å². The van der Waals surface area contributed by atoms with Crippen LogP contribution in [-0.2, 0) is 4.79 Å². The lowest BCUT2D eigenvalue weighted by Gasteiger charge is -2.16. The van der Waals surface area contributed by atoms with Gasteiger partial charge in [0.2, 0.25) is 0 Å². The number of Topliss-reactive ketones (excluding diaryl/α,β-unsaturated/α-hetero) is 1. The number of benzene rings is 3. The molecule has 6 heteroatoms. The van der Waals surface area contributed by atoms with Crippen molar-refractivity contribution in [3.8, 4) is 5.75 Å². The number of non-ortho nitro benzene ring substituents is 1. The zero-order valence-corrected chi connectivity index (χ0v) is 22.4. The van der Waals surface area contributed by atoms with Gasteiger partial charge in [-0.25, -0.2) is 0 Å². The van der Waals surface area contributed by atoms with Crippen molar-refractivity contribution in [2.75, 3.05) is 5.88 Å². The smallest absolute Gasteiger partial charge is 0.269 e. The molecule has 0 unspecified atom stereocenters. The van der Waals surface area contributed by atoms with Crippen LogP contribution in [0, 0.1) is 24.0 Å². The third-order valence-corrected chi connectivity index (χ3v) is 5.77. The van der Waals surface area contributed by atoms with E-state index in [2.05, 4.69) is 26.8 Å². The van der Waals surface area contributed by atoms with E-state index in [0.29, 0.717) is 17.2 Å². The Hall–Kier alpha value is -3.18. The molecule has 0 aliphatic heterocycles. The number of ketones is 1. The Morgan fingerprint density at radius 3 is 2.11 bits per heavy atom. The third kappa shape index (κ3) is 8.52. The van der Waals surface area contributed by atoms with Crippen LogP contribution in [0.25, 0.3) is 16.8 Å². The Kier molecular flexibility index (Phi) is 12.2. The fourth-order valence-corrected chi connectivity index (χ4v) is 3.64. The molecular weight excluding hydrogens is 462 g/mol. The first-order chi connectivity index (χ1) is 16.5. The minimum absolute atomic E-state index is 0.00208. The number of nitro groups is 1. The Labute approximate surface area is 213 Å². The highest BCUT2D eigenvalue weighted by atomic mass is 35.5. The second-order valence-corrected chi connectivity index (χ2v) is 8.96. The SMILES string of the molecule is CC(=O)/C(C)=C/c1ccc([N+](=O)[O-])cc1C.CCCl.CC[C@@H](C)c1c(C)cc(O)c2ccccc12. The molecule has 0 saturated carbocycles. The molecule has 0 bridgehead atoms. The van der Waals surface area contributed by atoms with Crippen LogP contribution in [0.1, 0.15) is 69.2 Å². The van der Waals surface area contributed by atoms with E-state index >= 15 is 0 Å². The van der Waals surface area contributed by atoms with Gasteiger partial charge < -0.3 is 5.11 Å². The highest BCUT2D eigenvalue weighted by Crippen LogP contribution is 2.35. The standard InChI is InChI=1S/C15H18O.C12H13NO3.C2H5Cl/c1-4-10(2)15-11(3)9-14(16)12-7-5-6-8-13(12)15;1-8(10(3)14)6-11-4-5-12(13(15)16)7-9(11)2;1-2-3/h5-10,16H,4H2,1-3H3;4-7H,1-3H3;2H2,1H3/b;8-6+;/t10-;;/m1../s1. The number of aromatic hydroxyl groups is 1. The Bertz CT molecular complexity index is 1200. The Morgan fingerprint density at radius 2 is 1.63 bits per heavy atom. The van der Waals surface area contributed by atoms with Gasteiger partial charge >= 0.3 is 0 Å². The molecule has 3 aromatic rings. The number of rotatable bonds is 5. The van der Waals surface area contributed by atoms with E-state index < -0.39 is 4.92 Å². The van der Waals surface area contributed by atoms with Gasteiger partial charge in [0, 0.05) is 23.4 Å². The van der Waals surface area contributed by atoms with E-state index in [0.717, 1.165) is 28.8 Å². The fraction of sp³-hybridized carbons (Fsp3) is 0.345. The van der Waals surface area contributed by atoms with Gasteiger partial charge in [0.1, 0.15) is 5.75 Å². The number of phenolic OH excluding ortho intramolecular Hbond substituents is 1. The van der Waals surface area contributed by atoms with Crippen LogP contribution in [0.5, 0.6) is 5.75 Å². The molecule has 3 aromatic carbocycles. The largest absolute Gasteiger partial charge is 0.507 e. The molecule has 0 amide bonds. The molecule has 0 radical (unpaired) electrons. The van der Waals surface area contributed by atoms with Crippen LogP contribution in [0.2, 0.25) is 0 Å². The van der Waals surface area contributed by atoms with Crippen molar-refractivity contribution >= 4 is 39.9 Å². The topological polar surface area (TPSA) is 80.4 Å². The molecule has 1 N–H and O–H groups in total. The van der Waals surface area contributed by atoms with Gasteiger partial charge in [0.15, 0.2) is 5.78 Å². The summed E-state index contributed by atoms with van der Waals surface area (Å²) < 4.78 is 0. The fourth-order valence-electron chi connectivity index (χ4n) is 3.64. The lowest BCUT2D eigenvalue weighted by molar-refractivity contribution is -0.384. The van der Waals surface area contributed by atoms with Crippen LogP contribution >= 0.6 is 11.6 Å². The summed E-state index contributed by atoms with van der Waals surface area (Å²) in [5.74, 6) is 1.64. The molecule has 0 fully saturated rings. The van der Waals surface area contributed by atoms with Crippen molar-refractivity contribution in [2.24, 2.45) is 0 Å². The molecule has 5 nitrogen and oxygen atoms in total. The predicted octanol–water partition coefficient (Wildman–Crippen LogP) is 8.51. The summed E-state index contributed by atoms with van der Waals surface area (Å²) in [6, 6.07) is 14.6. The number of nitro benzene ring substituents is 1. The summed E-state index contributed by atoms with van der Waals surface area (Å²) in [6.45, 7) is 13.4. The van der Waals surface area contributed by atoms with Crippen LogP contribution in [0.15, 0.2) is 54.1 Å². The lowest BCUT2D eigenvalue weighted by Crippen LogP contribution is -1.97. The number of alkyl halides is 1. The highest BCUT2D eigenvalue weighted by molar-refractivity contribution is 6.17. The van der Waals surface area contributed by atoms with Gasteiger partial charge in [-0.05, 0) is 91.5 Å². The maximum Gasteiger partial charge on any atom is 0.269 e. The maximum atomic E-state index is 11.1. The van der Waals surface area contributed by atoms with Gasteiger partial charge in [0.05, 0.1) is 4.92 Å². The number of allylic oxidation sites excluding steroid dienone is 1. The number of carbonyl (C=O) groups excluding carboxylic acids is 1. The Balaban J connectivity index is 0.000000315. The summed E-state index contributed by atoms with van der Waals surface area (Å²) in [4.78, 5) is 21.2. The van der Waals surface area contributed by atoms with Gasteiger partial charge in [-0.2, -0.15) is 0 Å². The van der Waals surface area contributed by atoms with E-state index in [9.17, 15) is 20.0 Å². The number of hydrogen-bond acceptors (Lipinski definition) is 4. The molecule has 0 heterocycles. The van der Waals surface area contributed by atoms with Crippen LogP contribution < -0.4 is 0 Å². The van der Waals surface area contributed by atoms with Crippen molar-refractivity contribution in [1.29, 1.82) is 0 Å². The summed E-state index contributed by atoms with van der Waals surface area (Å²) in [5.41, 5.74) is 4.88. The molecule has 0 saturated heterocycles. The number of aryl methyl sites for hydroxylation is 2. The molecule has 1 atom stereocenters. The third-order valence-electron chi connectivity index (χ3n) is 5.77. The first kappa shape index (κ1) is 29.9. The number of carbonyl (C=O) groups is 1. The average Bonchev–Trinajstić information content (AvgIpc) is 2.81. The number of phenols is 1. The molecule has 35 heavy (non-hydrogen) atoms. The first-order valence-corrected chi connectivity index (χ1v) is 12.2. The summed E-state index contributed by atoms with van der Waals surface area (Å²) in [5, 5.41) is 22.6. The second kappa shape index (κ2) is 14.3. The number of fused-ring (bicyclic) bond motifs is 1. The molecule has 0 aliphatic rings. The van der Waals surface area contributed by atoms with Crippen LogP contribution in [0.4, 0.5) is 5.69 Å². The predicted molar refractivity (Wildman–Crippen MR) is 148 cm³/mol. The highest BCUT2D eigenvalue weighted by Gasteiger charge is 2.13. The van der Waals surface area contributed by atoms with Crippen molar-refractivity contribution < 1.29 is 14.8 Å². The summed E-state index contributed by atoms with van der Waals surface area (Å²) in [7, 11) is 0. The first-order valence-electron chi connectivity index (χ1n) is 11.7. The summed E-state index contributed by atoms with van der Waals surface area (Å²) >= 11 is 5.00. The quantitative estimate of drug-likeness (QED) is 0.166. The number of nitrogens with zero attached hydrogens (tertiary/aromatic N) is 1. The van der Waals surface area contributed by atoms with Gasteiger partial charge in [-0.15, -0.1) is 11.6 Å². The van der Waals surface area contributed by atoms with Crippen molar-refractivity contribution in [3.05, 3.63) is 86.5 Å². The molecule has 0 spiro atoms. The average molecular weight is 498 g/mol. The van der Waals surface area contributed by atoms with Crippen molar-refractivity contribution in [1.82, 2.24) is 0 Å². The molecule has 188 valence electrons. The zero-order valence-electron chi connectivity index (χ0n) is 21.7. The second-order valence-electron chi connectivity index (χ2n) is 8.43. The summed E-state index contributed by atoms with van der Waals surface area (Å²) in [6.07, 6.45) is 2.86. The maximum absolute atomic E-state index is 11.1. The monoisotopic (exact) mass is 497 g/mol. The van der Waals surface area contributed by atoms with E-state index in [1.807, 2.05) is 31.2 Å². The van der Waals surface area contributed by atoms with E-state index in [4.69, 9.17) is 11.6 Å². The molecular formula is C29H36ClNO4. The normalized spacial score (nSPS) is 11.6. The van der Waals surface area contributed by atoms with E-state index in [1.54, 1.807) is 26.0 Å². The molecule has 0 aliphatic carbocycles. The molecule has 0 aromatic heterocycles. The van der Waals surface area contributed by atoms with E-state index in [1.165, 1.54) is 35.6 Å². The van der Waals surface area contributed by atoms with Crippen LogP contribution in [0.3, 0.4) is 0 Å². The minimum atomic E-state index is -0.432. The zero-order chi connectivity index (χ0) is 26.7. The van der Waals surface area contributed by atoms with Crippen molar-refractivity contribution in [2.45, 2.75) is 60.8 Å².